The van der Waals surface area contributed by atoms with Crippen LogP contribution in [0.2, 0.25) is 0 Å². The first-order chi connectivity index (χ1) is 7.63. The van der Waals surface area contributed by atoms with E-state index in [1.807, 2.05) is 0 Å². The normalized spacial score (nSPS) is 31.9. The van der Waals surface area contributed by atoms with Crippen LogP contribution in [0.4, 0.5) is 0 Å². The number of hydrogen-bond acceptors (Lipinski definition) is 2. The van der Waals surface area contributed by atoms with Crippen LogP contribution in [0.5, 0.6) is 0 Å². The van der Waals surface area contributed by atoms with Crippen molar-refractivity contribution in [1.29, 1.82) is 0 Å². The van der Waals surface area contributed by atoms with Gasteiger partial charge in [0.25, 0.3) is 0 Å². The smallest absolute Gasteiger partial charge is 0.312 e. The lowest BCUT2D eigenvalue weighted by Gasteiger charge is -2.08. The van der Waals surface area contributed by atoms with Gasteiger partial charge >= 0.3 is 5.97 Å². The summed E-state index contributed by atoms with van der Waals surface area (Å²) in [5, 5.41) is 0. The zero-order valence-corrected chi connectivity index (χ0v) is 10.7. The van der Waals surface area contributed by atoms with Crippen molar-refractivity contribution in [3.05, 3.63) is 33.8 Å². The molecule has 2 atom stereocenters. The maximum absolute atomic E-state index is 11.7. The summed E-state index contributed by atoms with van der Waals surface area (Å²) in [5.74, 6) is 0.399. The van der Waals surface area contributed by atoms with Crippen molar-refractivity contribution in [1.82, 2.24) is 0 Å². The summed E-state index contributed by atoms with van der Waals surface area (Å²) in [6.07, 6.45) is 1.86. The first-order valence-corrected chi connectivity index (χ1v) is 6.36. The van der Waals surface area contributed by atoms with Gasteiger partial charge in [-0.05, 0) is 43.0 Å². The van der Waals surface area contributed by atoms with Gasteiger partial charge in [-0.25, -0.2) is 0 Å². The molecule has 84 valence electrons. The Morgan fingerprint density at radius 1 is 1.50 bits per heavy atom. The van der Waals surface area contributed by atoms with Crippen molar-refractivity contribution in [2.24, 2.45) is 5.41 Å². The molecular formula is C13H13BrO2. The standard InChI is InChI=1S/C13H13BrO2/c1-8-6-9(14)2-3-10(8)11-7-13(11)4-5-16-12(13)15/h2-3,6,11H,4-5,7H2,1H3/t11-,13+/m1/s1. The third-order valence-corrected chi connectivity index (χ3v) is 4.36. The van der Waals surface area contributed by atoms with Gasteiger partial charge in [-0.3, -0.25) is 4.79 Å². The molecule has 0 bridgehead atoms. The fourth-order valence-corrected chi connectivity index (χ4v) is 3.29. The Labute approximate surface area is 103 Å². The minimum atomic E-state index is -0.168. The van der Waals surface area contributed by atoms with E-state index in [4.69, 9.17) is 4.74 Å². The van der Waals surface area contributed by atoms with Crippen LogP contribution in [-0.2, 0) is 9.53 Å². The van der Waals surface area contributed by atoms with Crippen molar-refractivity contribution < 1.29 is 9.53 Å². The molecule has 3 heteroatoms. The zero-order chi connectivity index (χ0) is 11.3. The second-order valence-electron chi connectivity index (χ2n) is 4.80. The van der Waals surface area contributed by atoms with Gasteiger partial charge < -0.3 is 4.74 Å². The zero-order valence-electron chi connectivity index (χ0n) is 9.13. The van der Waals surface area contributed by atoms with Gasteiger partial charge in [0.2, 0.25) is 0 Å². The molecule has 0 aromatic heterocycles. The molecule has 2 nitrogen and oxygen atoms in total. The predicted molar refractivity (Wildman–Crippen MR) is 64.2 cm³/mol. The number of rotatable bonds is 1. The van der Waals surface area contributed by atoms with E-state index in [9.17, 15) is 4.79 Å². The average molecular weight is 281 g/mol. The Kier molecular flexibility index (Phi) is 2.15. The maximum Gasteiger partial charge on any atom is 0.312 e. The lowest BCUT2D eigenvalue weighted by atomic mass is 9.95. The van der Waals surface area contributed by atoms with Crippen LogP contribution in [0.3, 0.4) is 0 Å². The highest BCUT2D eigenvalue weighted by Gasteiger charge is 2.64. The molecule has 1 heterocycles. The van der Waals surface area contributed by atoms with Gasteiger partial charge in [-0.15, -0.1) is 0 Å². The van der Waals surface area contributed by atoms with E-state index in [2.05, 4.69) is 41.1 Å². The summed E-state index contributed by atoms with van der Waals surface area (Å²) in [6, 6.07) is 6.29. The lowest BCUT2D eigenvalue weighted by Crippen LogP contribution is -2.10. The first kappa shape index (κ1) is 10.3. The maximum atomic E-state index is 11.7. The Morgan fingerprint density at radius 2 is 2.31 bits per heavy atom. The SMILES string of the molecule is Cc1cc(Br)ccc1[C@H]1C[C@@]12CCOC2=O. The van der Waals surface area contributed by atoms with Gasteiger partial charge in [0.05, 0.1) is 12.0 Å². The Balaban J connectivity index is 1.93. The number of hydrogen-bond donors (Lipinski definition) is 0. The highest BCUT2D eigenvalue weighted by molar-refractivity contribution is 9.10. The molecule has 0 unspecified atom stereocenters. The molecule has 2 aliphatic rings. The van der Waals surface area contributed by atoms with Crippen molar-refractivity contribution >= 4 is 21.9 Å². The van der Waals surface area contributed by atoms with Crippen LogP contribution in [-0.4, -0.2) is 12.6 Å². The van der Waals surface area contributed by atoms with Crippen LogP contribution in [0.1, 0.15) is 29.9 Å². The molecule has 1 aromatic rings. The van der Waals surface area contributed by atoms with E-state index >= 15 is 0 Å². The molecule has 0 radical (unpaired) electrons. The number of ether oxygens (including phenoxy) is 1. The molecule has 1 saturated heterocycles. The number of carbonyl (C=O) groups is 1. The van der Waals surface area contributed by atoms with Crippen LogP contribution >= 0.6 is 15.9 Å². The van der Waals surface area contributed by atoms with Crippen LogP contribution in [0.15, 0.2) is 22.7 Å². The number of aryl methyl sites for hydroxylation is 1. The van der Waals surface area contributed by atoms with Gasteiger partial charge in [0.1, 0.15) is 0 Å². The van der Waals surface area contributed by atoms with E-state index in [1.165, 1.54) is 11.1 Å². The van der Waals surface area contributed by atoms with Crippen molar-refractivity contribution in [2.75, 3.05) is 6.61 Å². The second-order valence-corrected chi connectivity index (χ2v) is 5.72. The molecule has 1 aliphatic carbocycles. The second kappa shape index (κ2) is 3.33. The van der Waals surface area contributed by atoms with Crippen molar-refractivity contribution in [2.45, 2.75) is 25.7 Å². The quantitative estimate of drug-likeness (QED) is 0.739. The number of carbonyl (C=O) groups excluding carboxylic acids is 1. The number of benzene rings is 1. The van der Waals surface area contributed by atoms with E-state index in [0.717, 1.165) is 17.3 Å². The summed E-state index contributed by atoms with van der Waals surface area (Å²) in [5.41, 5.74) is 2.40. The lowest BCUT2D eigenvalue weighted by molar-refractivity contribution is -0.142. The van der Waals surface area contributed by atoms with E-state index < -0.39 is 0 Å². The van der Waals surface area contributed by atoms with Crippen LogP contribution < -0.4 is 0 Å². The van der Waals surface area contributed by atoms with E-state index in [1.54, 1.807) is 0 Å². The van der Waals surface area contributed by atoms with Gasteiger partial charge in [-0.2, -0.15) is 0 Å². The van der Waals surface area contributed by atoms with Gasteiger partial charge in [-0.1, -0.05) is 22.0 Å². The summed E-state index contributed by atoms with van der Waals surface area (Å²) in [4.78, 5) is 11.7. The molecule has 0 N–H and O–H groups in total. The summed E-state index contributed by atoms with van der Waals surface area (Å²) >= 11 is 3.46. The van der Waals surface area contributed by atoms with Gasteiger partial charge in [0.15, 0.2) is 0 Å². The summed E-state index contributed by atoms with van der Waals surface area (Å²) in [6.45, 7) is 2.71. The first-order valence-electron chi connectivity index (χ1n) is 5.57. The van der Waals surface area contributed by atoms with Crippen molar-refractivity contribution in [3.8, 4) is 0 Å². The van der Waals surface area contributed by atoms with Crippen LogP contribution in [0, 0.1) is 12.3 Å². The minimum Gasteiger partial charge on any atom is -0.465 e. The third kappa shape index (κ3) is 1.34. The minimum absolute atomic E-state index is 0.0137. The largest absolute Gasteiger partial charge is 0.465 e. The van der Waals surface area contributed by atoms with Crippen molar-refractivity contribution in [3.63, 3.8) is 0 Å². The molecule has 1 saturated carbocycles. The van der Waals surface area contributed by atoms with Gasteiger partial charge in [0, 0.05) is 10.4 Å². The summed E-state index contributed by atoms with van der Waals surface area (Å²) in [7, 11) is 0. The number of halogens is 1. The summed E-state index contributed by atoms with van der Waals surface area (Å²) < 4.78 is 6.19. The predicted octanol–water partition coefficient (Wildman–Crippen LogP) is 3.18. The molecule has 3 rings (SSSR count). The highest BCUT2D eigenvalue weighted by Crippen LogP contribution is 2.64. The molecule has 1 spiro atoms. The van der Waals surface area contributed by atoms with E-state index in [0.29, 0.717) is 12.5 Å². The number of cyclic esters (lactones) is 1. The fraction of sp³-hybridized carbons (Fsp3) is 0.462. The topological polar surface area (TPSA) is 26.3 Å². The molecule has 1 aromatic carbocycles. The molecule has 16 heavy (non-hydrogen) atoms. The molecule has 1 aliphatic heterocycles. The average Bonchev–Trinajstić information content (AvgIpc) is 2.82. The number of esters is 1. The monoisotopic (exact) mass is 280 g/mol. The highest BCUT2D eigenvalue weighted by atomic mass is 79.9. The molecule has 0 amide bonds. The Morgan fingerprint density at radius 3 is 2.94 bits per heavy atom. The Hall–Kier alpha value is -0.830. The Bertz CT molecular complexity index is 469. The van der Waals surface area contributed by atoms with Crippen LogP contribution in [0.25, 0.3) is 0 Å². The molecule has 2 fully saturated rings. The van der Waals surface area contributed by atoms with E-state index in [-0.39, 0.29) is 11.4 Å². The molecular weight excluding hydrogens is 268 g/mol. The third-order valence-electron chi connectivity index (χ3n) is 3.87. The fourth-order valence-electron chi connectivity index (χ4n) is 2.82.